The zero-order chi connectivity index (χ0) is 21.6. The molecule has 2 aromatic heterocycles. The summed E-state index contributed by atoms with van der Waals surface area (Å²) in [5, 5.41) is 15.4. The standard InChI is InChI=1S/C21H24N4O5/c1-21(2,3)29-20(28)24-10-16-15(9-22-23(16)4)18(12-24)30-25-11-17(26)13-7-5-6-8-14(13)19(25)27/h5-9,11,18,26H,10,12H2,1-4H3. The van der Waals surface area contributed by atoms with Crippen LogP contribution in [0.1, 0.15) is 38.1 Å². The molecule has 3 aromatic rings. The number of carbonyl (C=O) groups is 1. The van der Waals surface area contributed by atoms with Crippen molar-refractivity contribution >= 4 is 16.9 Å². The van der Waals surface area contributed by atoms with E-state index < -0.39 is 23.4 Å². The number of hydrogen-bond donors (Lipinski definition) is 1. The molecule has 158 valence electrons. The number of ether oxygens (including phenoxy) is 1. The maximum absolute atomic E-state index is 12.9. The van der Waals surface area contributed by atoms with Gasteiger partial charge in [0, 0.05) is 18.0 Å². The van der Waals surface area contributed by atoms with E-state index in [0.29, 0.717) is 17.3 Å². The molecule has 0 saturated heterocycles. The molecule has 1 aliphatic rings. The van der Waals surface area contributed by atoms with E-state index in [9.17, 15) is 14.7 Å². The van der Waals surface area contributed by atoms with Gasteiger partial charge in [0.1, 0.15) is 11.4 Å². The monoisotopic (exact) mass is 412 g/mol. The highest BCUT2D eigenvalue weighted by Gasteiger charge is 2.35. The topological polar surface area (TPSA) is 98.8 Å². The first kappa shape index (κ1) is 19.8. The summed E-state index contributed by atoms with van der Waals surface area (Å²) in [5.74, 6) is -0.0728. The minimum Gasteiger partial charge on any atom is -0.506 e. The lowest BCUT2D eigenvalue weighted by Gasteiger charge is -2.34. The molecule has 0 radical (unpaired) electrons. The maximum Gasteiger partial charge on any atom is 0.410 e. The van der Waals surface area contributed by atoms with E-state index in [1.807, 2.05) is 0 Å². The van der Waals surface area contributed by atoms with E-state index in [2.05, 4.69) is 5.10 Å². The van der Waals surface area contributed by atoms with Gasteiger partial charge in [-0.25, -0.2) is 4.79 Å². The second kappa shape index (κ2) is 7.08. The fourth-order valence-electron chi connectivity index (χ4n) is 3.51. The minimum atomic E-state index is -0.659. The van der Waals surface area contributed by atoms with Crippen molar-refractivity contribution in [3.8, 4) is 5.75 Å². The Labute approximate surface area is 173 Å². The van der Waals surface area contributed by atoms with Crippen LogP contribution >= 0.6 is 0 Å². The number of rotatable bonds is 2. The predicted molar refractivity (Wildman–Crippen MR) is 109 cm³/mol. The number of aromatic nitrogens is 3. The van der Waals surface area contributed by atoms with Crippen molar-refractivity contribution in [3.05, 3.63) is 58.3 Å². The number of nitrogens with zero attached hydrogens (tertiary/aromatic N) is 4. The van der Waals surface area contributed by atoms with Gasteiger partial charge in [0.05, 0.1) is 36.6 Å². The highest BCUT2D eigenvalue weighted by Crippen LogP contribution is 2.29. The third-order valence-electron chi connectivity index (χ3n) is 4.93. The third-order valence-corrected chi connectivity index (χ3v) is 4.93. The van der Waals surface area contributed by atoms with Gasteiger partial charge in [-0.05, 0) is 26.8 Å². The molecule has 1 atom stereocenters. The molecule has 3 heterocycles. The molecule has 4 rings (SSSR count). The Balaban J connectivity index is 1.70. The molecule has 1 unspecified atom stereocenters. The first-order valence-corrected chi connectivity index (χ1v) is 9.63. The van der Waals surface area contributed by atoms with Crippen LogP contribution in [0.3, 0.4) is 0 Å². The van der Waals surface area contributed by atoms with Crippen molar-refractivity contribution in [2.75, 3.05) is 6.54 Å². The molecule has 0 aliphatic carbocycles. The van der Waals surface area contributed by atoms with Crippen LogP contribution < -0.4 is 10.4 Å². The minimum absolute atomic E-state index is 0.0728. The molecule has 9 nitrogen and oxygen atoms in total. The van der Waals surface area contributed by atoms with Crippen LogP contribution in [0.5, 0.6) is 5.75 Å². The molecule has 1 aromatic carbocycles. The van der Waals surface area contributed by atoms with Gasteiger partial charge in [-0.2, -0.15) is 5.10 Å². The molecule has 0 bridgehead atoms. The van der Waals surface area contributed by atoms with Gasteiger partial charge in [0.25, 0.3) is 5.56 Å². The van der Waals surface area contributed by atoms with Gasteiger partial charge < -0.3 is 14.7 Å². The predicted octanol–water partition coefficient (Wildman–Crippen LogP) is 2.36. The highest BCUT2D eigenvalue weighted by molar-refractivity contribution is 5.86. The zero-order valence-electron chi connectivity index (χ0n) is 17.3. The number of aryl methyl sites for hydroxylation is 1. The summed E-state index contributed by atoms with van der Waals surface area (Å²) in [5.41, 5.74) is 0.525. The molecule has 1 amide bonds. The van der Waals surface area contributed by atoms with Crippen LogP contribution in [0.4, 0.5) is 4.79 Å². The largest absolute Gasteiger partial charge is 0.506 e. The number of fused-ring (bicyclic) bond motifs is 2. The molecule has 9 heteroatoms. The second-order valence-electron chi connectivity index (χ2n) is 8.32. The molecular formula is C21H24N4O5. The molecule has 0 saturated carbocycles. The quantitative estimate of drug-likeness (QED) is 0.694. The third kappa shape index (κ3) is 3.58. The fraction of sp³-hybridized carbons (Fsp3) is 0.381. The second-order valence-corrected chi connectivity index (χ2v) is 8.32. The molecule has 1 aliphatic heterocycles. The Morgan fingerprint density at radius 1 is 1.23 bits per heavy atom. The van der Waals surface area contributed by atoms with Crippen LogP contribution in [0.2, 0.25) is 0 Å². The smallest absolute Gasteiger partial charge is 0.410 e. The van der Waals surface area contributed by atoms with E-state index in [-0.39, 0.29) is 12.3 Å². The van der Waals surface area contributed by atoms with Gasteiger partial charge in [0.15, 0.2) is 6.10 Å². The lowest BCUT2D eigenvalue weighted by Crippen LogP contribution is -2.45. The Hall–Kier alpha value is -3.49. The zero-order valence-corrected chi connectivity index (χ0v) is 17.3. The molecule has 1 N–H and O–H groups in total. The summed E-state index contributed by atoms with van der Waals surface area (Å²) in [6, 6.07) is 6.76. The van der Waals surface area contributed by atoms with E-state index in [1.54, 1.807) is 63.0 Å². The number of aromatic hydroxyl groups is 1. The van der Waals surface area contributed by atoms with Gasteiger partial charge in [-0.1, -0.05) is 18.2 Å². The van der Waals surface area contributed by atoms with Crippen molar-refractivity contribution in [2.45, 2.75) is 39.0 Å². The lowest BCUT2D eigenvalue weighted by molar-refractivity contribution is -0.0210. The van der Waals surface area contributed by atoms with Gasteiger partial charge in [-0.15, -0.1) is 4.73 Å². The Morgan fingerprint density at radius 2 is 1.93 bits per heavy atom. The van der Waals surface area contributed by atoms with Gasteiger partial charge in [-0.3, -0.25) is 14.4 Å². The number of amides is 1. The van der Waals surface area contributed by atoms with E-state index in [0.717, 1.165) is 16.0 Å². The van der Waals surface area contributed by atoms with Crippen molar-refractivity contribution in [3.63, 3.8) is 0 Å². The normalized spacial score (nSPS) is 16.4. The number of hydrogen-bond acceptors (Lipinski definition) is 6. The SMILES string of the molecule is Cn1ncc2c1CN(C(=O)OC(C)(C)C)CC2On1cc(O)c2ccccc2c1=O. The van der Waals surface area contributed by atoms with Gasteiger partial charge >= 0.3 is 6.09 Å². The number of benzene rings is 1. The summed E-state index contributed by atoms with van der Waals surface area (Å²) in [6.45, 7) is 5.90. The van der Waals surface area contributed by atoms with Crippen molar-refractivity contribution in [1.29, 1.82) is 0 Å². The summed E-state index contributed by atoms with van der Waals surface area (Å²) in [7, 11) is 1.78. The first-order valence-electron chi connectivity index (χ1n) is 9.63. The Morgan fingerprint density at radius 3 is 2.63 bits per heavy atom. The Kier molecular flexibility index (Phi) is 4.68. The van der Waals surface area contributed by atoms with Crippen LogP contribution in [0, 0.1) is 0 Å². The fourth-order valence-corrected chi connectivity index (χ4v) is 3.51. The average Bonchev–Trinajstić information content (AvgIpc) is 3.06. The summed E-state index contributed by atoms with van der Waals surface area (Å²) < 4.78 is 8.18. The summed E-state index contributed by atoms with van der Waals surface area (Å²) in [4.78, 5) is 33.0. The van der Waals surface area contributed by atoms with E-state index in [4.69, 9.17) is 9.57 Å². The van der Waals surface area contributed by atoms with Crippen LogP contribution in [-0.2, 0) is 18.3 Å². The van der Waals surface area contributed by atoms with Crippen molar-refractivity contribution < 1.29 is 19.5 Å². The summed E-state index contributed by atoms with van der Waals surface area (Å²) >= 11 is 0. The van der Waals surface area contributed by atoms with Crippen molar-refractivity contribution in [2.24, 2.45) is 7.05 Å². The summed E-state index contributed by atoms with van der Waals surface area (Å²) in [6.07, 6.45) is 1.77. The molecule has 0 fully saturated rings. The lowest BCUT2D eigenvalue weighted by atomic mass is 10.1. The van der Waals surface area contributed by atoms with Gasteiger partial charge in [0.2, 0.25) is 0 Å². The molecule has 0 spiro atoms. The van der Waals surface area contributed by atoms with E-state index in [1.165, 1.54) is 11.1 Å². The Bertz CT molecular complexity index is 1170. The van der Waals surface area contributed by atoms with E-state index >= 15 is 0 Å². The number of carbonyl (C=O) groups excluding carboxylic acids is 1. The van der Waals surface area contributed by atoms with Crippen LogP contribution in [0.15, 0.2) is 41.5 Å². The average molecular weight is 412 g/mol. The highest BCUT2D eigenvalue weighted by atomic mass is 16.7. The molecular weight excluding hydrogens is 388 g/mol. The van der Waals surface area contributed by atoms with Crippen LogP contribution in [-0.4, -0.2) is 42.8 Å². The molecule has 30 heavy (non-hydrogen) atoms. The maximum atomic E-state index is 12.9. The number of pyridine rings is 1. The van der Waals surface area contributed by atoms with Crippen molar-refractivity contribution in [1.82, 2.24) is 19.4 Å². The van der Waals surface area contributed by atoms with Crippen LogP contribution in [0.25, 0.3) is 10.8 Å². The first-order chi connectivity index (χ1) is 14.1.